The molecule has 2 N–H and O–H groups in total. The second-order valence-corrected chi connectivity index (χ2v) is 4.48. The van der Waals surface area contributed by atoms with E-state index in [1.54, 1.807) is 14.2 Å². The number of nitrogens with zero attached hydrogens (tertiary/aromatic N) is 2. The van der Waals surface area contributed by atoms with Crippen molar-refractivity contribution in [2.75, 3.05) is 26.6 Å². The van der Waals surface area contributed by atoms with Crippen molar-refractivity contribution in [3.63, 3.8) is 0 Å². The lowest BCUT2D eigenvalue weighted by Crippen LogP contribution is -2.06. The van der Waals surface area contributed by atoms with E-state index in [9.17, 15) is 4.79 Å². The number of carbonyl (C=O) groups is 1. The lowest BCUT2D eigenvalue weighted by atomic mass is 10.2. The minimum Gasteiger partial charge on any atom is -0.493 e. The highest BCUT2D eigenvalue weighted by Crippen LogP contribution is 2.38. The Bertz CT molecular complexity index is 663. The molecule has 122 valence electrons. The van der Waals surface area contributed by atoms with Gasteiger partial charge in [-0.15, -0.1) is 0 Å². The smallest absolute Gasteiger partial charge is 0.356 e. The first kappa shape index (κ1) is 16.3. The summed E-state index contributed by atoms with van der Waals surface area (Å²) < 4.78 is 15.8. The van der Waals surface area contributed by atoms with Gasteiger partial charge >= 0.3 is 5.97 Å². The molecule has 0 bridgehead atoms. The molecule has 0 aliphatic carbocycles. The predicted octanol–water partition coefficient (Wildman–Crippen LogP) is 1.81. The Labute approximate surface area is 133 Å². The van der Waals surface area contributed by atoms with E-state index in [1.807, 2.05) is 12.1 Å². The van der Waals surface area contributed by atoms with Gasteiger partial charge in [-0.25, -0.2) is 14.8 Å². The number of hydrogen-bond acceptors (Lipinski definition) is 7. The van der Waals surface area contributed by atoms with Crippen molar-refractivity contribution in [2.24, 2.45) is 0 Å². The monoisotopic (exact) mass is 319 g/mol. The van der Waals surface area contributed by atoms with Crippen molar-refractivity contribution in [3.8, 4) is 17.2 Å². The Morgan fingerprint density at radius 1 is 1.09 bits per heavy atom. The second kappa shape index (κ2) is 7.30. The molecule has 2 rings (SSSR count). The van der Waals surface area contributed by atoms with Crippen molar-refractivity contribution >= 4 is 11.8 Å². The summed E-state index contributed by atoms with van der Waals surface area (Å²) in [6, 6.07) is 3.63. The molecule has 1 aromatic carbocycles. The summed E-state index contributed by atoms with van der Waals surface area (Å²) in [6.07, 6.45) is 2.56. The van der Waals surface area contributed by atoms with Crippen LogP contribution in [0.3, 0.4) is 0 Å². The Morgan fingerprint density at radius 2 is 1.74 bits per heavy atom. The number of methoxy groups -OCH3 is 3. The number of nitrogens with one attached hydrogen (secondary N) is 1. The Kier molecular flexibility index (Phi) is 5.19. The van der Waals surface area contributed by atoms with Crippen LogP contribution in [-0.4, -0.2) is 42.4 Å². The number of benzene rings is 1. The van der Waals surface area contributed by atoms with Gasteiger partial charge in [0.05, 0.1) is 33.7 Å². The molecule has 8 heteroatoms. The quantitative estimate of drug-likeness (QED) is 0.796. The standard InChI is InChI=1S/C15H17N3O5/c1-21-11-4-9(5-12(22-2)14(11)23-3)6-17-13-8-16-10(7-18-13)15(19)20/h4-5,7-8H,6H2,1-3H3,(H,17,18)(H,19,20). The van der Waals surface area contributed by atoms with Crippen LogP contribution in [0, 0.1) is 0 Å². The van der Waals surface area contributed by atoms with Crippen LogP contribution in [0.15, 0.2) is 24.5 Å². The summed E-state index contributed by atoms with van der Waals surface area (Å²) in [6.45, 7) is 0.428. The molecule has 1 heterocycles. The SMILES string of the molecule is COc1cc(CNc2cnc(C(=O)O)cn2)cc(OC)c1OC. The van der Waals surface area contributed by atoms with Crippen LogP contribution in [0.25, 0.3) is 0 Å². The van der Waals surface area contributed by atoms with E-state index in [1.165, 1.54) is 19.5 Å². The molecule has 0 aliphatic heterocycles. The first-order valence-corrected chi connectivity index (χ1v) is 6.67. The fraction of sp³-hybridized carbons (Fsp3) is 0.267. The van der Waals surface area contributed by atoms with Gasteiger partial charge in [0, 0.05) is 6.54 Å². The van der Waals surface area contributed by atoms with Crippen LogP contribution < -0.4 is 19.5 Å². The Morgan fingerprint density at radius 3 is 2.17 bits per heavy atom. The summed E-state index contributed by atoms with van der Waals surface area (Å²) in [5.41, 5.74) is 0.770. The number of ether oxygens (including phenoxy) is 3. The van der Waals surface area contributed by atoms with Crippen molar-refractivity contribution in [1.29, 1.82) is 0 Å². The fourth-order valence-corrected chi connectivity index (χ4v) is 1.96. The maximum absolute atomic E-state index is 10.7. The van der Waals surface area contributed by atoms with Gasteiger partial charge in [0.15, 0.2) is 17.2 Å². The molecule has 0 unspecified atom stereocenters. The highest BCUT2D eigenvalue weighted by molar-refractivity contribution is 5.84. The summed E-state index contributed by atoms with van der Waals surface area (Å²) in [7, 11) is 4.63. The molecule has 0 aliphatic rings. The number of aromatic nitrogens is 2. The Balaban J connectivity index is 2.15. The van der Waals surface area contributed by atoms with E-state index >= 15 is 0 Å². The zero-order valence-corrected chi connectivity index (χ0v) is 13.0. The summed E-state index contributed by atoms with van der Waals surface area (Å²) in [4.78, 5) is 18.5. The molecule has 1 aromatic heterocycles. The lowest BCUT2D eigenvalue weighted by Gasteiger charge is -2.14. The average molecular weight is 319 g/mol. The molecular weight excluding hydrogens is 302 g/mol. The van der Waals surface area contributed by atoms with Crippen molar-refractivity contribution in [1.82, 2.24) is 9.97 Å². The van der Waals surface area contributed by atoms with Crippen LogP contribution in [0.2, 0.25) is 0 Å². The van der Waals surface area contributed by atoms with Crippen LogP contribution in [-0.2, 0) is 6.54 Å². The summed E-state index contributed by atoms with van der Waals surface area (Å²) >= 11 is 0. The van der Waals surface area contributed by atoms with Crippen LogP contribution in [0.4, 0.5) is 5.82 Å². The lowest BCUT2D eigenvalue weighted by molar-refractivity contribution is 0.0690. The fourth-order valence-electron chi connectivity index (χ4n) is 1.96. The number of carboxylic acids is 1. The molecule has 0 spiro atoms. The largest absolute Gasteiger partial charge is 0.493 e. The number of carboxylic acid groups (broad SMARTS) is 1. The van der Waals surface area contributed by atoms with Crippen molar-refractivity contribution < 1.29 is 24.1 Å². The predicted molar refractivity (Wildman–Crippen MR) is 82.4 cm³/mol. The third-order valence-corrected chi connectivity index (χ3v) is 3.07. The van der Waals surface area contributed by atoms with Crippen molar-refractivity contribution in [3.05, 3.63) is 35.8 Å². The molecule has 23 heavy (non-hydrogen) atoms. The van der Waals surface area contributed by atoms with Gasteiger partial charge in [0.2, 0.25) is 5.75 Å². The topological polar surface area (TPSA) is 103 Å². The third kappa shape index (κ3) is 3.79. The zero-order chi connectivity index (χ0) is 16.8. The van der Waals surface area contributed by atoms with Gasteiger partial charge in [-0.05, 0) is 17.7 Å². The van der Waals surface area contributed by atoms with Gasteiger partial charge in [-0.2, -0.15) is 0 Å². The number of hydrogen-bond donors (Lipinski definition) is 2. The van der Waals surface area contributed by atoms with Gasteiger partial charge in [-0.1, -0.05) is 0 Å². The molecule has 0 radical (unpaired) electrons. The molecule has 0 fully saturated rings. The molecule has 8 nitrogen and oxygen atoms in total. The van der Waals surface area contributed by atoms with Gasteiger partial charge < -0.3 is 24.6 Å². The van der Waals surface area contributed by atoms with Gasteiger partial charge in [-0.3, -0.25) is 0 Å². The van der Waals surface area contributed by atoms with E-state index < -0.39 is 5.97 Å². The molecule has 2 aromatic rings. The van der Waals surface area contributed by atoms with Crippen molar-refractivity contribution in [2.45, 2.75) is 6.54 Å². The van der Waals surface area contributed by atoms with E-state index in [2.05, 4.69) is 15.3 Å². The number of rotatable bonds is 7. The van der Waals surface area contributed by atoms with E-state index in [4.69, 9.17) is 19.3 Å². The molecule has 0 saturated carbocycles. The summed E-state index contributed by atoms with van der Waals surface area (Å²) in [5.74, 6) is 0.966. The maximum atomic E-state index is 10.7. The van der Waals surface area contributed by atoms with Gasteiger partial charge in [0.1, 0.15) is 5.82 Å². The first-order chi connectivity index (χ1) is 11.1. The van der Waals surface area contributed by atoms with E-state index in [-0.39, 0.29) is 5.69 Å². The average Bonchev–Trinajstić information content (AvgIpc) is 2.59. The summed E-state index contributed by atoms with van der Waals surface area (Å²) in [5, 5.41) is 11.8. The molecule has 0 amide bonds. The van der Waals surface area contributed by atoms with E-state index in [0.717, 1.165) is 5.56 Å². The van der Waals surface area contributed by atoms with Crippen LogP contribution in [0.5, 0.6) is 17.2 Å². The maximum Gasteiger partial charge on any atom is 0.356 e. The van der Waals surface area contributed by atoms with Crippen LogP contribution >= 0.6 is 0 Å². The number of anilines is 1. The third-order valence-electron chi connectivity index (χ3n) is 3.07. The highest BCUT2D eigenvalue weighted by Gasteiger charge is 2.13. The highest BCUT2D eigenvalue weighted by atomic mass is 16.5. The van der Waals surface area contributed by atoms with Crippen LogP contribution in [0.1, 0.15) is 16.1 Å². The minimum absolute atomic E-state index is 0.108. The normalized spacial score (nSPS) is 10.0. The number of aromatic carboxylic acids is 1. The zero-order valence-electron chi connectivity index (χ0n) is 13.0. The molecular formula is C15H17N3O5. The molecule has 0 saturated heterocycles. The first-order valence-electron chi connectivity index (χ1n) is 6.67. The Hall–Kier alpha value is -3.03. The second-order valence-electron chi connectivity index (χ2n) is 4.48. The minimum atomic E-state index is -1.12. The van der Waals surface area contributed by atoms with Gasteiger partial charge in [0.25, 0.3) is 0 Å². The molecule has 0 atom stereocenters. The van der Waals surface area contributed by atoms with E-state index in [0.29, 0.717) is 29.6 Å².